The van der Waals surface area contributed by atoms with Crippen molar-refractivity contribution in [2.75, 3.05) is 13.2 Å². The second kappa shape index (κ2) is 7.90. The molecule has 0 saturated carbocycles. The minimum absolute atomic E-state index is 0.0390. The highest BCUT2D eigenvalue weighted by Crippen LogP contribution is 2.26. The van der Waals surface area contributed by atoms with Crippen LogP contribution in [0.3, 0.4) is 0 Å². The predicted molar refractivity (Wildman–Crippen MR) is 107 cm³/mol. The summed E-state index contributed by atoms with van der Waals surface area (Å²) in [6, 6.07) is 19.5. The SMILES string of the molecule is C[C@@H](Oc1ccc2ccccc2c1)C(=O)N1CCOc2ccc(CO)cc2C1. The molecular weight excluding hydrogens is 354 g/mol. The van der Waals surface area contributed by atoms with Gasteiger partial charge in [-0.3, -0.25) is 4.79 Å². The molecule has 0 saturated heterocycles. The van der Waals surface area contributed by atoms with E-state index in [2.05, 4.69) is 0 Å². The number of ether oxygens (including phenoxy) is 2. The quantitative estimate of drug-likeness (QED) is 0.756. The van der Waals surface area contributed by atoms with Crippen LogP contribution in [0.2, 0.25) is 0 Å². The zero-order chi connectivity index (χ0) is 19.5. The first-order valence-electron chi connectivity index (χ1n) is 9.44. The molecule has 28 heavy (non-hydrogen) atoms. The fraction of sp³-hybridized carbons (Fsp3) is 0.261. The van der Waals surface area contributed by atoms with Gasteiger partial charge in [0.05, 0.1) is 13.2 Å². The molecule has 1 aliphatic heterocycles. The van der Waals surface area contributed by atoms with E-state index in [1.54, 1.807) is 11.8 Å². The number of aliphatic hydroxyl groups excluding tert-OH is 1. The van der Waals surface area contributed by atoms with Gasteiger partial charge in [0.25, 0.3) is 5.91 Å². The van der Waals surface area contributed by atoms with Crippen LogP contribution in [0.25, 0.3) is 10.8 Å². The summed E-state index contributed by atoms with van der Waals surface area (Å²) in [7, 11) is 0. The fourth-order valence-corrected chi connectivity index (χ4v) is 3.49. The van der Waals surface area contributed by atoms with Gasteiger partial charge in [-0.2, -0.15) is 0 Å². The van der Waals surface area contributed by atoms with Gasteiger partial charge in [-0.15, -0.1) is 0 Å². The summed E-state index contributed by atoms with van der Waals surface area (Å²) in [6.45, 7) is 3.09. The van der Waals surface area contributed by atoms with Crippen molar-refractivity contribution in [3.63, 3.8) is 0 Å². The maximum atomic E-state index is 13.0. The lowest BCUT2D eigenvalue weighted by molar-refractivity contribution is -0.138. The summed E-state index contributed by atoms with van der Waals surface area (Å²) >= 11 is 0. The number of nitrogens with zero attached hydrogens (tertiary/aromatic N) is 1. The molecule has 3 aromatic rings. The van der Waals surface area contributed by atoms with Crippen molar-refractivity contribution in [2.45, 2.75) is 26.2 Å². The van der Waals surface area contributed by atoms with Gasteiger partial charge in [0.2, 0.25) is 0 Å². The third kappa shape index (κ3) is 3.80. The van der Waals surface area contributed by atoms with Crippen LogP contribution in [0.1, 0.15) is 18.1 Å². The van der Waals surface area contributed by atoms with Gasteiger partial charge >= 0.3 is 0 Å². The first kappa shape index (κ1) is 18.3. The van der Waals surface area contributed by atoms with Crippen LogP contribution in [0, 0.1) is 0 Å². The average molecular weight is 377 g/mol. The van der Waals surface area contributed by atoms with E-state index in [4.69, 9.17) is 9.47 Å². The van der Waals surface area contributed by atoms with E-state index in [9.17, 15) is 9.90 Å². The van der Waals surface area contributed by atoms with Crippen LogP contribution in [0.5, 0.6) is 11.5 Å². The number of carbonyl (C=O) groups excluding carboxylic acids is 1. The Kier molecular flexibility index (Phi) is 5.17. The number of carbonyl (C=O) groups is 1. The normalized spacial score (nSPS) is 14.7. The zero-order valence-electron chi connectivity index (χ0n) is 15.8. The van der Waals surface area contributed by atoms with Crippen LogP contribution in [-0.2, 0) is 17.9 Å². The fourth-order valence-electron chi connectivity index (χ4n) is 3.49. The Morgan fingerprint density at radius 3 is 2.79 bits per heavy atom. The first-order valence-corrected chi connectivity index (χ1v) is 9.44. The summed E-state index contributed by atoms with van der Waals surface area (Å²) in [4.78, 5) is 14.7. The summed E-state index contributed by atoms with van der Waals surface area (Å²) in [5.74, 6) is 1.35. The van der Waals surface area contributed by atoms with Crippen molar-refractivity contribution >= 4 is 16.7 Å². The highest BCUT2D eigenvalue weighted by Gasteiger charge is 2.25. The van der Waals surface area contributed by atoms with Gasteiger partial charge in [-0.1, -0.05) is 36.4 Å². The van der Waals surface area contributed by atoms with E-state index < -0.39 is 6.10 Å². The van der Waals surface area contributed by atoms with Crippen molar-refractivity contribution in [1.29, 1.82) is 0 Å². The largest absolute Gasteiger partial charge is 0.491 e. The molecule has 0 unspecified atom stereocenters. The first-order chi connectivity index (χ1) is 13.6. The molecule has 4 rings (SSSR count). The Bertz CT molecular complexity index is 1000. The minimum Gasteiger partial charge on any atom is -0.491 e. The van der Waals surface area contributed by atoms with Gasteiger partial charge in [0, 0.05) is 12.1 Å². The van der Waals surface area contributed by atoms with Gasteiger partial charge in [0.15, 0.2) is 6.10 Å². The second-order valence-electron chi connectivity index (χ2n) is 6.98. The molecule has 0 aromatic heterocycles. The number of fused-ring (bicyclic) bond motifs is 2. The van der Waals surface area contributed by atoms with E-state index in [-0.39, 0.29) is 12.5 Å². The van der Waals surface area contributed by atoms with Gasteiger partial charge in [0.1, 0.15) is 18.1 Å². The molecule has 144 valence electrons. The second-order valence-corrected chi connectivity index (χ2v) is 6.98. The monoisotopic (exact) mass is 377 g/mol. The molecule has 3 aromatic carbocycles. The van der Waals surface area contributed by atoms with E-state index in [0.717, 1.165) is 27.6 Å². The summed E-state index contributed by atoms with van der Waals surface area (Å²) in [5, 5.41) is 11.6. The lowest BCUT2D eigenvalue weighted by Gasteiger charge is -2.24. The third-order valence-electron chi connectivity index (χ3n) is 4.98. The van der Waals surface area contributed by atoms with Gasteiger partial charge in [-0.05, 0) is 47.5 Å². The smallest absolute Gasteiger partial charge is 0.263 e. The van der Waals surface area contributed by atoms with Crippen LogP contribution < -0.4 is 9.47 Å². The van der Waals surface area contributed by atoms with Crippen LogP contribution in [0.15, 0.2) is 60.7 Å². The highest BCUT2D eigenvalue weighted by atomic mass is 16.5. The molecule has 0 radical (unpaired) electrons. The molecule has 1 heterocycles. The van der Waals surface area contributed by atoms with Crippen molar-refractivity contribution < 1.29 is 19.4 Å². The summed E-state index contributed by atoms with van der Waals surface area (Å²) in [6.07, 6.45) is -0.608. The van der Waals surface area contributed by atoms with Crippen molar-refractivity contribution in [3.8, 4) is 11.5 Å². The molecule has 5 nitrogen and oxygen atoms in total. The van der Waals surface area contributed by atoms with Crippen molar-refractivity contribution in [3.05, 3.63) is 71.8 Å². The molecule has 0 fully saturated rings. The average Bonchev–Trinajstić information content (AvgIpc) is 2.94. The molecule has 0 aliphatic carbocycles. The summed E-state index contributed by atoms with van der Waals surface area (Å²) < 4.78 is 11.7. The maximum absolute atomic E-state index is 13.0. The lowest BCUT2D eigenvalue weighted by atomic mass is 10.1. The number of rotatable bonds is 4. The van der Waals surface area contributed by atoms with Crippen LogP contribution >= 0.6 is 0 Å². The number of amides is 1. The Morgan fingerprint density at radius 2 is 1.96 bits per heavy atom. The Balaban J connectivity index is 1.49. The molecular formula is C23H23NO4. The van der Waals surface area contributed by atoms with Crippen molar-refractivity contribution in [2.24, 2.45) is 0 Å². The van der Waals surface area contributed by atoms with Crippen LogP contribution in [-0.4, -0.2) is 35.2 Å². The number of benzene rings is 3. The highest BCUT2D eigenvalue weighted by molar-refractivity contribution is 5.84. The molecule has 5 heteroatoms. The molecule has 1 amide bonds. The molecule has 1 aliphatic rings. The number of aliphatic hydroxyl groups is 1. The van der Waals surface area contributed by atoms with E-state index >= 15 is 0 Å². The maximum Gasteiger partial charge on any atom is 0.263 e. The summed E-state index contributed by atoms with van der Waals surface area (Å²) in [5.41, 5.74) is 1.70. The molecule has 0 spiro atoms. The minimum atomic E-state index is -0.608. The van der Waals surface area contributed by atoms with E-state index in [1.807, 2.05) is 60.7 Å². The molecule has 0 bridgehead atoms. The number of hydrogen-bond donors (Lipinski definition) is 1. The molecule has 1 N–H and O–H groups in total. The Morgan fingerprint density at radius 1 is 1.14 bits per heavy atom. The predicted octanol–water partition coefficient (Wildman–Crippen LogP) is 3.52. The Hall–Kier alpha value is -3.05. The standard InChI is InChI=1S/C23H23NO4/c1-16(28-21-8-7-18-4-2-3-5-19(18)13-21)23(26)24-10-11-27-22-9-6-17(15-25)12-20(22)14-24/h2-9,12-13,16,25H,10-11,14-15H2,1H3/t16-/m1/s1. The third-order valence-corrected chi connectivity index (χ3v) is 4.98. The van der Waals surface area contributed by atoms with E-state index in [0.29, 0.717) is 25.4 Å². The lowest BCUT2D eigenvalue weighted by Crippen LogP contribution is -2.41. The van der Waals surface area contributed by atoms with Crippen molar-refractivity contribution in [1.82, 2.24) is 4.90 Å². The van der Waals surface area contributed by atoms with Gasteiger partial charge in [-0.25, -0.2) is 0 Å². The van der Waals surface area contributed by atoms with E-state index in [1.165, 1.54) is 0 Å². The molecule has 1 atom stereocenters. The topological polar surface area (TPSA) is 59.0 Å². The van der Waals surface area contributed by atoms with Gasteiger partial charge < -0.3 is 19.5 Å². The Labute approximate surface area is 164 Å². The zero-order valence-corrected chi connectivity index (χ0v) is 15.8. The van der Waals surface area contributed by atoms with Crippen LogP contribution in [0.4, 0.5) is 0 Å². The number of hydrogen-bond acceptors (Lipinski definition) is 4.